The number of carbonyl (C=O) groups is 1. The number of hydrogen-bond donors (Lipinski definition) is 0. The zero-order valence-electron chi connectivity index (χ0n) is 11.0. The summed E-state index contributed by atoms with van der Waals surface area (Å²) < 4.78 is 5.64. The predicted octanol–water partition coefficient (Wildman–Crippen LogP) is 3.12. The second-order valence-corrected chi connectivity index (χ2v) is 6.00. The molecular weight excluding hydrogens is 262 g/mol. The summed E-state index contributed by atoms with van der Waals surface area (Å²) in [6, 6.07) is 8.10. The fourth-order valence-electron chi connectivity index (χ4n) is 3.29. The van der Waals surface area contributed by atoms with Crippen molar-refractivity contribution in [3.05, 3.63) is 34.9 Å². The maximum Gasteiger partial charge on any atom is 0.338 e. The van der Waals surface area contributed by atoms with Gasteiger partial charge in [0.1, 0.15) is 6.10 Å². The molecule has 0 radical (unpaired) electrons. The van der Waals surface area contributed by atoms with Crippen molar-refractivity contribution in [1.82, 2.24) is 4.90 Å². The Kier molecular flexibility index (Phi) is 3.50. The van der Waals surface area contributed by atoms with Crippen LogP contribution in [0.3, 0.4) is 0 Å². The summed E-state index contributed by atoms with van der Waals surface area (Å²) in [7, 11) is 2.18. The molecule has 4 heteroatoms. The van der Waals surface area contributed by atoms with Gasteiger partial charge in [0, 0.05) is 29.9 Å². The standard InChI is InChI=1S/C15H18ClNO2/c1-17-12-5-6-13(17)9-14(8-12)19-15(18)10-3-2-4-11(16)7-10/h2-4,7,12-14H,5-6,8-9H2,1H3/t12-,13-/m0/s1. The summed E-state index contributed by atoms with van der Waals surface area (Å²) in [4.78, 5) is 14.5. The predicted molar refractivity (Wildman–Crippen MR) is 74.5 cm³/mol. The lowest BCUT2D eigenvalue weighted by atomic mass is 10.0. The highest BCUT2D eigenvalue weighted by Crippen LogP contribution is 2.35. The first-order chi connectivity index (χ1) is 9.13. The molecule has 0 spiro atoms. The molecule has 2 fully saturated rings. The van der Waals surface area contributed by atoms with Gasteiger partial charge in [0.25, 0.3) is 0 Å². The molecule has 3 rings (SSSR count). The molecule has 2 atom stereocenters. The van der Waals surface area contributed by atoms with Crippen LogP contribution in [-0.2, 0) is 4.74 Å². The Bertz CT molecular complexity index is 477. The molecule has 0 saturated carbocycles. The average molecular weight is 280 g/mol. The average Bonchev–Trinajstić information content (AvgIpc) is 2.62. The van der Waals surface area contributed by atoms with Gasteiger partial charge in [-0.15, -0.1) is 0 Å². The zero-order chi connectivity index (χ0) is 13.4. The minimum Gasteiger partial charge on any atom is -0.459 e. The largest absolute Gasteiger partial charge is 0.459 e. The SMILES string of the molecule is CN1[C@H]2CC[C@H]1CC(OC(=O)c1cccc(Cl)c1)C2. The molecule has 0 aliphatic carbocycles. The first-order valence-electron chi connectivity index (χ1n) is 6.82. The molecule has 0 N–H and O–H groups in total. The fourth-order valence-corrected chi connectivity index (χ4v) is 3.48. The second-order valence-electron chi connectivity index (χ2n) is 5.56. The molecular formula is C15H18ClNO2. The van der Waals surface area contributed by atoms with E-state index in [-0.39, 0.29) is 12.1 Å². The Morgan fingerprint density at radius 2 is 2.00 bits per heavy atom. The number of carbonyl (C=O) groups excluding carboxylic acids is 1. The zero-order valence-corrected chi connectivity index (χ0v) is 11.8. The minimum absolute atomic E-state index is 0.0557. The molecule has 0 aromatic heterocycles. The van der Waals surface area contributed by atoms with Crippen molar-refractivity contribution in [3.63, 3.8) is 0 Å². The molecule has 2 bridgehead atoms. The van der Waals surface area contributed by atoms with E-state index in [0.717, 1.165) is 12.8 Å². The van der Waals surface area contributed by atoms with Crippen molar-refractivity contribution in [1.29, 1.82) is 0 Å². The molecule has 2 heterocycles. The Balaban J connectivity index is 1.65. The highest BCUT2D eigenvalue weighted by Gasteiger charge is 2.39. The quantitative estimate of drug-likeness (QED) is 0.779. The van der Waals surface area contributed by atoms with Gasteiger partial charge >= 0.3 is 5.97 Å². The first-order valence-corrected chi connectivity index (χ1v) is 7.20. The molecule has 0 amide bonds. The van der Waals surface area contributed by atoms with Crippen LogP contribution in [0, 0.1) is 0 Å². The lowest BCUT2D eigenvalue weighted by Gasteiger charge is -2.35. The summed E-state index contributed by atoms with van der Waals surface area (Å²) in [6.07, 6.45) is 4.43. The van der Waals surface area contributed by atoms with E-state index in [9.17, 15) is 4.79 Å². The van der Waals surface area contributed by atoms with Crippen molar-refractivity contribution < 1.29 is 9.53 Å². The molecule has 1 aromatic carbocycles. The topological polar surface area (TPSA) is 29.5 Å². The van der Waals surface area contributed by atoms with Crippen molar-refractivity contribution in [2.75, 3.05) is 7.05 Å². The number of fused-ring (bicyclic) bond motifs is 2. The van der Waals surface area contributed by atoms with Crippen LogP contribution in [-0.4, -0.2) is 36.1 Å². The Morgan fingerprint density at radius 3 is 2.63 bits per heavy atom. The van der Waals surface area contributed by atoms with Gasteiger partial charge < -0.3 is 9.64 Å². The van der Waals surface area contributed by atoms with Crippen LogP contribution in [0.2, 0.25) is 5.02 Å². The number of halogens is 1. The number of piperidine rings is 1. The lowest BCUT2D eigenvalue weighted by Crippen LogP contribution is -2.43. The van der Waals surface area contributed by atoms with Gasteiger partial charge in [-0.3, -0.25) is 0 Å². The maximum atomic E-state index is 12.1. The van der Waals surface area contributed by atoms with Gasteiger partial charge in [-0.05, 0) is 38.1 Å². The van der Waals surface area contributed by atoms with Gasteiger partial charge in [0.15, 0.2) is 0 Å². The highest BCUT2D eigenvalue weighted by molar-refractivity contribution is 6.30. The molecule has 2 aliphatic heterocycles. The summed E-state index contributed by atoms with van der Waals surface area (Å²) >= 11 is 5.89. The van der Waals surface area contributed by atoms with E-state index in [4.69, 9.17) is 16.3 Å². The van der Waals surface area contributed by atoms with E-state index in [1.54, 1.807) is 24.3 Å². The van der Waals surface area contributed by atoms with E-state index < -0.39 is 0 Å². The van der Waals surface area contributed by atoms with Gasteiger partial charge in [-0.1, -0.05) is 17.7 Å². The molecule has 19 heavy (non-hydrogen) atoms. The Morgan fingerprint density at radius 1 is 1.32 bits per heavy atom. The first kappa shape index (κ1) is 12.9. The summed E-state index contributed by atoms with van der Waals surface area (Å²) in [5.74, 6) is -0.253. The third-order valence-electron chi connectivity index (χ3n) is 4.39. The second kappa shape index (κ2) is 5.14. The van der Waals surface area contributed by atoms with E-state index in [1.807, 2.05) is 0 Å². The normalized spacial score (nSPS) is 30.3. The number of esters is 1. The molecule has 1 aromatic rings. The molecule has 2 saturated heterocycles. The van der Waals surface area contributed by atoms with Crippen molar-refractivity contribution in [3.8, 4) is 0 Å². The number of nitrogens with zero attached hydrogens (tertiary/aromatic N) is 1. The Hall–Kier alpha value is -1.06. The number of ether oxygens (including phenoxy) is 1. The van der Waals surface area contributed by atoms with Crippen molar-refractivity contribution >= 4 is 17.6 Å². The highest BCUT2D eigenvalue weighted by atomic mass is 35.5. The van der Waals surface area contributed by atoms with Crippen LogP contribution in [0.4, 0.5) is 0 Å². The molecule has 3 nitrogen and oxygen atoms in total. The molecule has 2 aliphatic rings. The summed E-state index contributed by atoms with van der Waals surface area (Å²) in [5, 5.41) is 0.567. The van der Waals surface area contributed by atoms with E-state index >= 15 is 0 Å². The smallest absolute Gasteiger partial charge is 0.338 e. The third kappa shape index (κ3) is 2.63. The van der Waals surface area contributed by atoms with Gasteiger partial charge in [0.05, 0.1) is 5.56 Å². The van der Waals surface area contributed by atoms with Crippen LogP contribution < -0.4 is 0 Å². The van der Waals surface area contributed by atoms with Crippen molar-refractivity contribution in [2.24, 2.45) is 0 Å². The van der Waals surface area contributed by atoms with Gasteiger partial charge in [-0.25, -0.2) is 4.79 Å². The summed E-state index contributed by atoms with van der Waals surface area (Å²) in [5.41, 5.74) is 0.541. The van der Waals surface area contributed by atoms with Crippen LogP contribution in [0.15, 0.2) is 24.3 Å². The Labute approximate surface area is 118 Å². The lowest BCUT2D eigenvalue weighted by molar-refractivity contribution is -0.000448. The summed E-state index contributed by atoms with van der Waals surface area (Å²) in [6.45, 7) is 0. The maximum absolute atomic E-state index is 12.1. The van der Waals surface area contributed by atoms with Gasteiger partial charge in [0.2, 0.25) is 0 Å². The number of benzene rings is 1. The van der Waals surface area contributed by atoms with E-state index in [2.05, 4.69) is 11.9 Å². The van der Waals surface area contributed by atoms with Gasteiger partial charge in [-0.2, -0.15) is 0 Å². The number of rotatable bonds is 2. The van der Waals surface area contributed by atoms with E-state index in [1.165, 1.54) is 12.8 Å². The van der Waals surface area contributed by atoms with Crippen molar-refractivity contribution in [2.45, 2.75) is 43.9 Å². The fraction of sp³-hybridized carbons (Fsp3) is 0.533. The monoisotopic (exact) mass is 279 g/mol. The molecule has 102 valence electrons. The van der Waals surface area contributed by atoms with Crippen LogP contribution >= 0.6 is 11.6 Å². The molecule has 0 unspecified atom stereocenters. The minimum atomic E-state index is -0.253. The van der Waals surface area contributed by atoms with E-state index in [0.29, 0.717) is 22.7 Å². The van der Waals surface area contributed by atoms with Crippen LogP contribution in [0.1, 0.15) is 36.0 Å². The van der Waals surface area contributed by atoms with Crippen LogP contribution in [0.5, 0.6) is 0 Å². The third-order valence-corrected chi connectivity index (χ3v) is 4.62. The van der Waals surface area contributed by atoms with Crippen LogP contribution in [0.25, 0.3) is 0 Å². The number of hydrogen-bond acceptors (Lipinski definition) is 3.